The predicted molar refractivity (Wildman–Crippen MR) is 84.8 cm³/mol. The van der Waals surface area contributed by atoms with Crippen LogP contribution in [0.25, 0.3) is 11.5 Å². The van der Waals surface area contributed by atoms with Crippen molar-refractivity contribution >= 4 is 5.91 Å². The third-order valence-electron chi connectivity index (χ3n) is 4.24. The lowest BCUT2D eigenvalue weighted by Gasteiger charge is -2.33. The van der Waals surface area contributed by atoms with Gasteiger partial charge in [0.15, 0.2) is 5.82 Å². The molecule has 0 saturated carbocycles. The van der Waals surface area contributed by atoms with Crippen LogP contribution in [-0.4, -0.2) is 44.2 Å². The summed E-state index contributed by atoms with van der Waals surface area (Å²) < 4.78 is 5.12. The molecule has 1 saturated heterocycles. The van der Waals surface area contributed by atoms with Gasteiger partial charge < -0.3 is 14.5 Å². The lowest BCUT2D eigenvalue weighted by Crippen LogP contribution is -2.48. The van der Waals surface area contributed by atoms with E-state index in [1.165, 1.54) is 0 Å². The molecule has 0 radical (unpaired) electrons. The van der Waals surface area contributed by atoms with Crippen LogP contribution in [-0.2, 0) is 0 Å². The van der Waals surface area contributed by atoms with E-state index in [2.05, 4.69) is 10.1 Å². The maximum Gasteiger partial charge on any atom is 0.257 e. The van der Waals surface area contributed by atoms with Crippen LogP contribution in [0.5, 0.6) is 0 Å². The molecule has 0 bridgehead atoms. The van der Waals surface area contributed by atoms with Crippen LogP contribution in [0.1, 0.15) is 42.9 Å². The minimum absolute atomic E-state index is 0.0529. The molecule has 2 heterocycles. The zero-order valence-corrected chi connectivity index (χ0v) is 13.6. The summed E-state index contributed by atoms with van der Waals surface area (Å²) in [7, 11) is 0. The number of carbonyl (C=O) groups excluding carboxylic acids is 1. The summed E-state index contributed by atoms with van der Waals surface area (Å²) >= 11 is 0. The molecule has 0 spiro atoms. The van der Waals surface area contributed by atoms with Gasteiger partial charge in [-0.3, -0.25) is 4.79 Å². The Morgan fingerprint density at radius 2 is 2.04 bits per heavy atom. The van der Waals surface area contributed by atoms with Gasteiger partial charge in [-0.25, -0.2) is 0 Å². The first-order valence-corrected chi connectivity index (χ1v) is 7.80. The molecule has 1 fully saturated rings. The summed E-state index contributed by atoms with van der Waals surface area (Å²) in [5.41, 5.74) is 0.483. The smallest absolute Gasteiger partial charge is 0.257 e. The molecule has 1 aromatic heterocycles. The molecule has 6 heteroatoms. The van der Waals surface area contributed by atoms with Crippen LogP contribution in [0.15, 0.2) is 28.8 Å². The maximum absolute atomic E-state index is 12.7. The normalized spacial score (nSPS) is 18.4. The number of rotatable bonds is 3. The van der Waals surface area contributed by atoms with Crippen molar-refractivity contribution in [1.82, 2.24) is 15.0 Å². The van der Waals surface area contributed by atoms with E-state index in [0.717, 1.165) is 18.4 Å². The Labute approximate surface area is 135 Å². The summed E-state index contributed by atoms with van der Waals surface area (Å²) in [6.45, 7) is 5.95. The summed E-state index contributed by atoms with van der Waals surface area (Å²) in [5.74, 6) is 0.963. The highest BCUT2D eigenvalue weighted by atomic mass is 16.5. The van der Waals surface area contributed by atoms with Crippen molar-refractivity contribution < 1.29 is 14.4 Å². The number of amides is 1. The van der Waals surface area contributed by atoms with E-state index in [1.807, 2.05) is 0 Å². The summed E-state index contributed by atoms with van der Waals surface area (Å²) in [6, 6.07) is 6.98. The van der Waals surface area contributed by atoms with Gasteiger partial charge >= 0.3 is 0 Å². The van der Waals surface area contributed by atoms with Gasteiger partial charge in [-0.1, -0.05) is 5.16 Å². The van der Waals surface area contributed by atoms with Crippen LogP contribution in [0.4, 0.5) is 0 Å². The monoisotopic (exact) mass is 315 g/mol. The minimum Gasteiger partial charge on any atom is -0.388 e. The molecule has 3 rings (SSSR count). The molecule has 1 N–H and O–H groups in total. The van der Waals surface area contributed by atoms with Gasteiger partial charge in [-0.15, -0.1) is 0 Å². The molecule has 2 aromatic rings. The number of hydrogen-bond acceptors (Lipinski definition) is 5. The third-order valence-corrected chi connectivity index (χ3v) is 4.24. The molecule has 1 unspecified atom stereocenters. The van der Waals surface area contributed by atoms with Crippen LogP contribution in [0.2, 0.25) is 0 Å². The summed E-state index contributed by atoms with van der Waals surface area (Å²) in [5, 5.41) is 14.0. The molecule has 6 nitrogen and oxygen atoms in total. The van der Waals surface area contributed by atoms with Gasteiger partial charge in [0.2, 0.25) is 0 Å². The number of hydrogen-bond donors (Lipinski definition) is 1. The molecule has 1 aliphatic heterocycles. The zero-order chi connectivity index (χ0) is 16.6. The molecule has 1 aliphatic rings. The number of aromatic nitrogens is 2. The van der Waals surface area contributed by atoms with Crippen LogP contribution >= 0.6 is 0 Å². The Hall–Kier alpha value is -2.21. The molecule has 122 valence electrons. The van der Waals surface area contributed by atoms with Crippen LogP contribution in [0.3, 0.4) is 0 Å². The fourth-order valence-electron chi connectivity index (χ4n) is 3.08. The van der Waals surface area contributed by atoms with E-state index in [0.29, 0.717) is 23.8 Å². The predicted octanol–water partition coefficient (Wildman–Crippen LogP) is 2.42. The SMILES string of the molecule is Cc1noc(-c2ccc(C(=O)N3CCCC3C(C)(C)O)cc2)n1. The molecule has 0 aliphatic carbocycles. The lowest BCUT2D eigenvalue weighted by atomic mass is 9.96. The van der Waals surface area contributed by atoms with E-state index in [-0.39, 0.29) is 11.9 Å². The van der Waals surface area contributed by atoms with Gasteiger partial charge in [0, 0.05) is 17.7 Å². The van der Waals surface area contributed by atoms with E-state index in [1.54, 1.807) is 49.9 Å². The van der Waals surface area contributed by atoms with E-state index in [4.69, 9.17) is 4.52 Å². The van der Waals surface area contributed by atoms with Crippen molar-refractivity contribution in [3.8, 4) is 11.5 Å². The Bertz CT molecular complexity index is 701. The number of likely N-dealkylation sites (tertiary alicyclic amines) is 1. The van der Waals surface area contributed by atoms with Gasteiger partial charge in [-0.05, 0) is 57.9 Å². The van der Waals surface area contributed by atoms with Gasteiger partial charge in [-0.2, -0.15) is 4.98 Å². The number of benzene rings is 1. The summed E-state index contributed by atoms with van der Waals surface area (Å²) in [6.07, 6.45) is 1.74. The second kappa shape index (κ2) is 5.77. The average molecular weight is 315 g/mol. The van der Waals surface area contributed by atoms with Gasteiger partial charge in [0.25, 0.3) is 11.8 Å². The van der Waals surface area contributed by atoms with Gasteiger partial charge in [0.1, 0.15) is 0 Å². The van der Waals surface area contributed by atoms with Crippen molar-refractivity contribution in [3.63, 3.8) is 0 Å². The highest BCUT2D eigenvalue weighted by Crippen LogP contribution is 2.28. The van der Waals surface area contributed by atoms with Crippen molar-refractivity contribution in [2.24, 2.45) is 0 Å². The molecule has 1 amide bonds. The maximum atomic E-state index is 12.7. The average Bonchev–Trinajstić information content (AvgIpc) is 3.15. The Kier molecular flexibility index (Phi) is 3.93. The standard InChI is InChI=1S/C17H21N3O3/c1-11-18-15(23-19-11)12-6-8-13(9-7-12)16(21)20-10-4-5-14(20)17(2,3)22/h6-9,14,22H,4-5,10H2,1-3H3. The van der Waals surface area contributed by atoms with Crippen molar-refractivity contribution in [2.45, 2.75) is 45.3 Å². The second-order valence-corrected chi connectivity index (χ2v) is 6.53. The molecular weight excluding hydrogens is 294 g/mol. The first-order chi connectivity index (χ1) is 10.9. The van der Waals surface area contributed by atoms with E-state index >= 15 is 0 Å². The summed E-state index contributed by atoms with van der Waals surface area (Å²) in [4.78, 5) is 18.7. The third kappa shape index (κ3) is 3.12. The molecule has 1 aromatic carbocycles. The van der Waals surface area contributed by atoms with E-state index in [9.17, 15) is 9.90 Å². The number of aryl methyl sites for hydroxylation is 1. The highest BCUT2D eigenvalue weighted by molar-refractivity contribution is 5.95. The quantitative estimate of drug-likeness (QED) is 0.941. The largest absolute Gasteiger partial charge is 0.388 e. The number of nitrogens with zero attached hydrogens (tertiary/aromatic N) is 3. The van der Waals surface area contributed by atoms with Crippen LogP contribution in [0, 0.1) is 6.92 Å². The minimum atomic E-state index is -0.895. The second-order valence-electron chi connectivity index (χ2n) is 6.53. The van der Waals surface area contributed by atoms with Crippen molar-refractivity contribution in [3.05, 3.63) is 35.7 Å². The topological polar surface area (TPSA) is 79.5 Å². The van der Waals surface area contributed by atoms with Crippen molar-refractivity contribution in [2.75, 3.05) is 6.54 Å². The molecule has 1 atom stereocenters. The zero-order valence-electron chi connectivity index (χ0n) is 13.6. The Morgan fingerprint density at radius 3 is 2.61 bits per heavy atom. The fourth-order valence-corrected chi connectivity index (χ4v) is 3.08. The Balaban J connectivity index is 1.80. The lowest BCUT2D eigenvalue weighted by molar-refractivity contribution is 0.000337. The number of aliphatic hydroxyl groups is 1. The first kappa shape index (κ1) is 15.7. The molecule has 23 heavy (non-hydrogen) atoms. The van der Waals surface area contributed by atoms with Crippen LogP contribution < -0.4 is 0 Å². The van der Waals surface area contributed by atoms with E-state index < -0.39 is 5.60 Å². The highest BCUT2D eigenvalue weighted by Gasteiger charge is 2.38. The fraction of sp³-hybridized carbons (Fsp3) is 0.471. The first-order valence-electron chi connectivity index (χ1n) is 7.80. The van der Waals surface area contributed by atoms with Gasteiger partial charge in [0.05, 0.1) is 11.6 Å². The van der Waals surface area contributed by atoms with Crippen molar-refractivity contribution in [1.29, 1.82) is 0 Å². The number of carbonyl (C=O) groups is 1. The Morgan fingerprint density at radius 1 is 1.35 bits per heavy atom. The molecular formula is C17H21N3O3.